The van der Waals surface area contributed by atoms with Crippen LogP contribution in [0.4, 0.5) is 0 Å². The van der Waals surface area contributed by atoms with Gasteiger partial charge in [0.05, 0.1) is 24.5 Å². The Morgan fingerprint density at radius 2 is 1.30 bits per heavy atom. The molecule has 4 rings (SSSR count). The van der Waals surface area contributed by atoms with E-state index in [1.807, 2.05) is 0 Å². The van der Waals surface area contributed by atoms with Crippen LogP contribution >= 0.6 is 30.1 Å². The number of aromatic nitrogens is 4. The molecule has 9 heteroatoms. The van der Waals surface area contributed by atoms with Crippen molar-refractivity contribution in [3.05, 3.63) is 46.6 Å². The minimum absolute atomic E-state index is 0.769. The molecule has 0 spiro atoms. The predicted octanol–water partition coefficient (Wildman–Crippen LogP) is 4.43. The van der Waals surface area contributed by atoms with Crippen LogP contribution in [0.5, 0.6) is 0 Å². The van der Waals surface area contributed by atoms with E-state index in [9.17, 15) is 0 Å². The van der Waals surface area contributed by atoms with Gasteiger partial charge in [0.25, 0.3) is 0 Å². The van der Waals surface area contributed by atoms with Crippen LogP contribution in [-0.2, 0) is 51.4 Å². The number of hydrogen-bond donors (Lipinski definition) is 1. The molecule has 27 heavy (non-hydrogen) atoms. The van der Waals surface area contributed by atoms with Gasteiger partial charge in [-0.1, -0.05) is 12.2 Å². The molecule has 2 aromatic rings. The summed E-state index contributed by atoms with van der Waals surface area (Å²) in [5.41, 5.74) is 4.96. The van der Waals surface area contributed by atoms with Gasteiger partial charge < -0.3 is 14.5 Å². The summed E-state index contributed by atoms with van der Waals surface area (Å²) in [6.07, 6.45) is 13.1. The molecule has 0 saturated carbocycles. The van der Waals surface area contributed by atoms with E-state index < -0.39 is 11.4 Å². The molecule has 147 valence electrons. The van der Waals surface area contributed by atoms with E-state index in [1.54, 1.807) is 0 Å². The van der Waals surface area contributed by atoms with Crippen LogP contribution in [0.15, 0.2) is 12.2 Å². The summed E-state index contributed by atoms with van der Waals surface area (Å²) < 4.78 is 4.47. The third-order valence-electron chi connectivity index (χ3n) is 4.89. The zero-order chi connectivity index (χ0) is 19.4. The van der Waals surface area contributed by atoms with Crippen LogP contribution in [0, 0.1) is 0 Å². The van der Waals surface area contributed by atoms with Crippen molar-refractivity contribution in [3.63, 3.8) is 0 Å². The van der Waals surface area contributed by atoms with Gasteiger partial charge in [0.1, 0.15) is 11.6 Å². The first kappa shape index (κ1) is 21.0. The second-order valence-corrected chi connectivity index (χ2v) is 12.8. The molecule has 0 amide bonds. The van der Waals surface area contributed by atoms with E-state index in [0.29, 0.717) is 0 Å². The van der Waals surface area contributed by atoms with Crippen LogP contribution in [0.3, 0.4) is 0 Å². The second-order valence-electron chi connectivity index (χ2n) is 6.50. The monoisotopic (exact) mass is 466 g/mol. The molecule has 0 aromatic carbocycles. The molecule has 0 bridgehead atoms. The molecule has 5 nitrogen and oxygen atoms in total. The van der Waals surface area contributed by atoms with Gasteiger partial charge in [-0.25, -0.2) is 9.97 Å². The number of allylic oxidation sites excluding steroid dienone is 2. The van der Waals surface area contributed by atoms with Crippen molar-refractivity contribution in [1.29, 1.82) is 0 Å². The Kier molecular flexibility index (Phi) is 7.50. The van der Waals surface area contributed by atoms with E-state index in [1.165, 1.54) is 11.4 Å². The summed E-state index contributed by atoms with van der Waals surface area (Å²) in [7, 11) is 19.0. The molecule has 0 saturated heterocycles. The second kappa shape index (κ2) is 9.65. The third-order valence-corrected chi connectivity index (χ3v) is 4.89. The number of rotatable bonds is 4. The van der Waals surface area contributed by atoms with Crippen molar-refractivity contribution in [1.82, 2.24) is 24.4 Å². The number of hydrogen-bond acceptors (Lipinski definition) is 3. The van der Waals surface area contributed by atoms with Crippen LogP contribution in [-0.4, -0.2) is 19.1 Å². The first-order valence-electron chi connectivity index (χ1n) is 8.83. The molecule has 0 unspecified atom stereocenters. The number of fused-ring (bicyclic) bond motifs is 2. The van der Waals surface area contributed by atoms with E-state index >= 15 is 0 Å². The van der Waals surface area contributed by atoms with Gasteiger partial charge in [-0.2, -0.15) is 0 Å². The molecule has 2 aliphatic rings. The molecule has 0 fully saturated rings. The average Bonchev–Trinajstić information content (AvgIpc) is 3.13. The SMILES string of the molecule is Cn1c(CNCc2nc3c(n2C)CCC=C3)nc2c1CCC=C2.[Cl][Cr]([Cl])[Cl]. The molecule has 2 aliphatic carbocycles. The first-order valence-corrected chi connectivity index (χ1v) is 14.1. The Morgan fingerprint density at radius 3 is 1.67 bits per heavy atom. The Labute approximate surface area is 177 Å². The summed E-state index contributed by atoms with van der Waals surface area (Å²) in [6.45, 7) is 1.54. The fourth-order valence-electron chi connectivity index (χ4n) is 3.50. The van der Waals surface area contributed by atoms with E-state index in [4.69, 9.17) is 40.1 Å². The zero-order valence-corrected chi connectivity index (χ0v) is 18.9. The number of halogens is 3. The van der Waals surface area contributed by atoms with Gasteiger partial charge in [-0.05, 0) is 37.8 Å². The fourth-order valence-corrected chi connectivity index (χ4v) is 3.50. The van der Waals surface area contributed by atoms with E-state index in [2.05, 4.69) is 52.9 Å². The molecule has 0 atom stereocenters. The molecule has 2 heterocycles. The molecular weight excluding hydrogens is 445 g/mol. The summed E-state index contributed by atoms with van der Waals surface area (Å²) in [4.78, 5) is 9.49. The standard InChI is InChI=1S/C18H23N5.3ClH.Cr/c1-22-15-9-5-3-7-13(15)20-17(22)11-19-12-18-21-14-8-4-6-10-16(14)23(18)2;;;;/h3-4,7-8,19H,5-6,9-12H2,1-2H3;3*1H;/q;;;;+3/p-3. The molecule has 0 radical (unpaired) electrons. The van der Waals surface area contributed by atoms with E-state index in [-0.39, 0.29) is 0 Å². The van der Waals surface area contributed by atoms with Gasteiger partial charge in [0.2, 0.25) is 0 Å². The van der Waals surface area contributed by atoms with Crippen molar-refractivity contribution < 1.29 is 11.4 Å². The molecular formula is C18H23Cl3CrN5. The van der Waals surface area contributed by atoms with Crippen molar-refractivity contribution in [2.24, 2.45) is 14.1 Å². The van der Waals surface area contributed by atoms with Crippen LogP contribution < -0.4 is 5.32 Å². The van der Waals surface area contributed by atoms with Crippen LogP contribution in [0.25, 0.3) is 12.2 Å². The minimum atomic E-state index is -1.62. The number of nitrogens with one attached hydrogen (secondary N) is 1. The molecule has 1 N–H and O–H groups in total. The quantitative estimate of drug-likeness (QED) is 0.724. The van der Waals surface area contributed by atoms with E-state index in [0.717, 1.165) is 61.8 Å². The first-order chi connectivity index (χ1) is 13.0. The summed E-state index contributed by atoms with van der Waals surface area (Å²) >= 11 is -1.62. The Bertz CT molecular complexity index is 785. The Hall–Kier alpha value is -0.738. The zero-order valence-electron chi connectivity index (χ0n) is 15.4. The van der Waals surface area contributed by atoms with Gasteiger partial charge in [0.15, 0.2) is 0 Å². The molecule has 2 aromatic heterocycles. The van der Waals surface area contributed by atoms with Gasteiger partial charge in [-0.15, -0.1) is 0 Å². The van der Waals surface area contributed by atoms with Gasteiger partial charge in [0, 0.05) is 25.5 Å². The van der Waals surface area contributed by atoms with Crippen LogP contribution in [0.2, 0.25) is 0 Å². The Balaban J connectivity index is 0.000000481. The summed E-state index contributed by atoms with van der Waals surface area (Å²) in [6, 6.07) is 0. The molecule has 0 aliphatic heterocycles. The normalized spacial score (nSPS) is 14.7. The Morgan fingerprint density at radius 1 is 0.889 bits per heavy atom. The third kappa shape index (κ3) is 5.20. The van der Waals surface area contributed by atoms with Crippen LogP contribution in [0.1, 0.15) is 47.3 Å². The predicted molar refractivity (Wildman–Crippen MR) is 109 cm³/mol. The summed E-state index contributed by atoms with van der Waals surface area (Å²) in [5.74, 6) is 2.20. The average molecular weight is 468 g/mol. The fraction of sp³-hybridized carbons (Fsp3) is 0.444. The topological polar surface area (TPSA) is 47.7 Å². The van der Waals surface area contributed by atoms with Crippen molar-refractivity contribution in [3.8, 4) is 0 Å². The van der Waals surface area contributed by atoms with Gasteiger partial charge >= 0.3 is 41.5 Å². The van der Waals surface area contributed by atoms with Gasteiger partial charge in [-0.3, -0.25) is 0 Å². The maximum absolute atomic E-state index is 4.93. The number of imidazole rings is 2. The van der Waals surface area contributed by atoms with Crippen molar-refractivity contribution in [2.45, 2.75) is 38.8 Å². The van der Waals surface area contributed by atoms with Crippen molar-refractivity contribution in [2.75, 3.05) is 0 Å². The summed E-state index contributed by atoms with van der Waals surface area (Å²) in [5, 5.41) is 3.50. The maximum atomic E-state index is 4.93. The number of nitrogens with zero attached hydrogens (tertiary/aromatic N) is 4. The van der Waals surface area contributed by atoms with Crippen molar-refractivity contribution >= 4 is 42.3 Å².